The van der Waals surface area contributed by atoms with E-state index in [1.165, 1.54) is 32.2 Å². The summed E-state index contributed by atoms with van der Waals surface area (Å²) in [4.78, 5) is 33.5. The minimum atomic E-state index is -0.567. The number of para-hydroxylation sites is 2. The van der Waals surface area contributed by atoms with Crippen molar-refractivity contribution < 1.29 is 27.9 Å². The van der Waals surface area contributed by atoms with Gasteiger partial charge in [-0.25, -0.2) is 9.38 Å². The van der Waals surface area contributed by atoms with Crippen LogP contribution in [0.1, 0.15) is 28.5 Å². The third-order valence-electron chi connectivity index (χ3n) is 5.12. The van der Waals surface area contributed by atoms with E-state index in [1.54, 1.807) is 49.5 Å². The molecule has 4 rings (SSSR count). The summed E-state index contributed by atoms with van der Waals surface area (Å²) < 4.78 is 30.3. The number of halogens is 1. The second-order valence-corrected chi connectivity index (χ2v) is 7.61. The minimum absolute atomic E-state index is 0.00504. The molecule has 0 aliphatic carbocycles. The van der Waals surface area contributed by atoms with Gasteiger partial charge in [0.2, 0.25) is 5.55 Å². The summed E-state index contributed by atoms with van der Waals surface area (Å²) in [6.07, 6.45) is 1.56. The average Bonchev–Trinajstić information content (AvgIpc) is 2.84. The van der Waals surface area contributed by atoms with Gasteiger partial charge in [-0.3, -0.25) is 14.6 Å². The van der Waals surface area contributed by atoms with Gasteiger partial charge in [0.15, 0.2) is 5.58 Å². The highest BCUT2D eigenvalue weighted by molar-refractivity contribution is 6.05. The highest BCUT2D eigenvalue weighted by Gasteiger charge is 2.18. The maximum absolute atomic E-state index is 13.7. The summed E-state index contributed by atoms with van der Waals surface area (Å²) in [5, 5.41) is 3.20. The van der Waals surface area contributed by atoms with E-state index in [4.69, 9.17) is 13.9 Å². The summed E-state index contributed by atoms with van der Waals surface area (Å²) in [6, 6.07) is 14.1. The summed E-state index contributed by atoms with van der Waals surface area (Å²) >= 11 is 0. The maximum Gasteiger partial charge on any atom is 0.302 e. The number of aromatic nitrogens is 1. The smallest absolute Gasteiger partial charge is 0.302 e. The third-order valence-corrected chi connectivity index (χ3v) is 5.12. The Balaban J connectivity index is 1.93. The number of nitrogens with one attached hydrogen (secondary N) is 1. The number of rotatable bonds is 6. The summed E-state index contributed by atoms with van der Waals surface area (Å²) in [5.41, 5.74) is 2.29. The van der Waals surface area contributed by atoms with Gasteiger partial charge in [-0.05, 0) is 43.3 Å². The predicted octanol–water partition coefficient (Wildman–Crippen LogP) is 4.83. The van der Waals surface area contributed by atoms with Crippen LogP contribution < -0.4 is 15.6 Å². The van der Waals surface area contributed by atoms with Gasteiger partial charge in [0, 0.05) is 29.8 Å². The van der Waals surface area contributed by atoms with E-state index >= 15 is 0 Å². The van der Waals surface area contributed by atoms with E-state index in [0.29, 0.717) is 33.7 Å². The van der Waals surface area contributed by atoms with Gasteiger partial charge in [0.05, 0.1) is 12.8 Å². The molecule has 0 saturated heterocycles. The first kappa shape index (κ1) is 23.6. The fourth-order valence-corrected chi connectivity index (χ4v) is 3.42. The molecule has 0 bridgehead atoms. The summed E-state index contributed by atoms with van der Waals surface area (Å²) in [6.45, 7) is 3.00. The second-order valence-electron chi connectivity index (χ2n) is 7.61. The number of hydrogen-bond donors (Lipinski definition) is 1. The molecule has 4 aromatic rings. The van der Waals surface area contributed by atoms with Crippen molar-refractivity contribution in [3.05, 3.63) is 89.0 Å². The van der Waals surface area contributed by atoms with Crippen LogP contribution in [0.25, 0.3) is 11.0 Å². The molecule has 2 heterocycles. The van der Waals surface area contributed by atoms with Crippen molar-refractivity contribution in [3.8, 4) is 5.75 Å². The zero-order valence-electron chi connectivity index (χ0n) is 19.3. The lowest BCUT2D eigenvalue weighted by Gasteiger charge is -2.11. The SMILES string of the molecule is COc1ccccc1N=c1oc2c(C)ncc(COC(C)=O)c2cc1C(=O)Nc1cccc(F)c1. The molecule has 0 atom stereocenters. The van der Waals surface area contributed by atoms with Crippen LogP contribution in [0.5, 0.6) is 5.75 Å². The first-order valence-electron chi connectivity index (χ1n) is 10.7. The molecule has 178 valence electrons. The van der Waals surface area contributed by atoms with Gasteiger partial charge in [0.25, 0.3) is 5.91 Å². The highest BCUT2D eigenvalue weighted by Crippen LogP contribution is 2.27. The number of methoxy groups -OCH3 is 1. The van der Waals surface area contributed by atoms with E-state index in [0.717, 1.165) is 0 Å². The molecular formula is C26H22FN3O5. The first-order chi connectivity index (χ1) is 16.9. The van der Waals surface area contributed by atoms with Crippen molar-refractivity contribution in [1.29, 1.82) is 0 Å². The van der Waals surface area contributed by atoms with Crippen molar-refractivity contribution in [2.45, 2.75) is 20.5 Å². The maximum atomic E-state index is 13.7. The number of pyridine rings is 1. The van der Waals surface area contributed by atoms with Crippen molar-refractivity contribution in [2.75, 3.05) is 12.4 Å². The van der Waals surface area contributed by atoms with E-state index in [-0.39, 0.29) is 23.4 Å². The van der Waals surface area contributed by atoms with Gasteiger partial charge in [0.1, 0.15) is 29.4 Å². The van der Waals surface area contributed by atoms with Crippen LogP contribution in [0.2, 0.25) is 0 Å². The zero-order valence-corrected chi connectivity index (χ0v) is 19.3. The number of benzene rings is 2. The molecule has 2 aromatic heterocycles. The largest absolute Gasteiger partial charge is 0.494 e. The molecule has 9 heteroatoms. The Labute approximate surface area is 200 Å². The van der Waals surface area contributed by atoms with Crippen LogP contribution >= 0.6 is 0 Å². The Morgan fingerprint density at radius 2 is 1.94 bits per heavy atom. The van der Waals surface area contributed by atoms with E-state index < -0.39 is 17.7 Å². The molecule has 0 aliphatic heterocycles. The Kier molecular flexibility index (Phi) is 6.86. The molecule has 1 amide bonds. The highest BCUT2D eigenvalue weighted by atomic mass is 19.1. The van der Waals surface area contributed by atoms with Gasteiger partial charge < -0.3 is 19.2 Å². The molecule has 0 fully saturated rings. The molecule has 0 spiro atoms. The Hall–Kier alpha value is -4.53. The van der Waals surface area contributed by atoms with E-state index in [2.05, 4.69) is 15.3 Å². The number of fused-ring (bicyclic) bond motifs is 1. The number of ether oxygens (including phenoxy) is 2. The molecule has 2 aromatic carbocycles. The minimum Gasteiger partial charge on any atom is -0.494 e. The standard InChI is InChI=1S/C26H22FN3O5/c1-15-24-20(17(13-28-15)14-34-16(2)31)12-21(25(32)29-19-8-6-7-18(27)11-19)26(35-24)30-22-9-4-5-10-23(22)33-3/h4-13H,14H2,1-3H3,(H,29,32). The fraction of sp³-hybridized carbons (Fsp3) is 0.154. The fourth-order valence-electron chi connectivity index (χ4n) is 3.42. The number of hydrogen-bond acceptors (Lipinski definition) is 7. The lowest BCUT2D eigenvalue weighted by Crippen LogP contribution is -2.22. The summed E-state index contributed by atoms with van der Waals surface area (Å²) in [5.74, 6) is -1.03. The van der Waals surface area contributed by atoms with Crippen LogP contribution in [-0.2, 0) is 16.1 Å². The van der Waals surface area contributed by atoms with E-state index in [1.807, 2.05) is 0 Å². The lowest BCUT2D eigenvalue weighted by atomic mass is 10.1. The molecule has 8 nitrogen and oxygen atoms in total. The van der Waals surface area contributed by atoms with Gasteiger partial charge in [-0.2, -0.15) is 0 Å². The average molecular weight is 475 g/mol. The Morgan fingerprint density at radius 3 is 2.69 bits per heavy atom. The van der Waals surface area contributed by atoms with Gasteiger partial charge >= 0.3 is 5.97 Å². The summed E-state index contributed by atoms with van der Waals surface area (Å²) in [7, 11) is 1.51. The third kappa shape index (κ3) is 5.35. The predicted molar refractivity (Wildman–Crippen MR) is 127 cm³/mol. The molecule has 35 heavy (non-hydrogen) atoms. The second kappa shape index (κ2) is 10.2. The Bertz CT molecular complexity index is 1500. The van der Waals surface area contributed by atoms with Crippen molar-refractivity contribution in [3.63, 3.8) is 0 Å². The normalized spacial score (nSPS) is 11.4. The molecule has 0 aliphatic rings. The van der Waals surface area contributed by atoms with E-state index in [9.17, 15) is 14.0 Å². The molecule has 0 unspecified atom stereocenters. The van der Waals surface area contributed by atoms with Crippen LogP contribution in [0.3, 0.4) is 0 Å². The molecular weight excluding hydrogens is 453 g/mol. The van der Waals surface area contributed by atoms with Crippen molar-refractivity contribution in [2.24, 2.45) is 4.99 Å². The van der Waals surface area contributed by atoms with Crippen LogP contribution in [0, 0.1) is 12.7 Å². The number of aryl methyl sites for hydroxylation is 1. The van der Waals surface area contributed by atoms with Crippen molar-refractivity contribution in [1.82, 2.24) is 4.98 Å². The first-order valence-corrected chi connectivity index (χ1v) is 10.7. The number of nitrogens with zero attached hydrogens (tertiary/aromatic N) is 2. The quantitative estimate of drug-likeness (QED) is 0.401. The molecule has 0 saturated carbocycles. The molecule has 0 radical (unpaired) electrons. The Morgan fingerprint density at radius 1 is 1.14 bits per heavy atom. The van der Waals surface area contributed by atoms with Gasteiger partial charge in [-0.1, -0.05) is 18.2 Å². The zero-order chi connectivity index (χ0) is 24.9. The topological polar surface area (TPSA) is 103 Å². The molecule has 1 N–H and O–H groups in total. The van der Waals surface area contributed by atoms with Crippen LogP contribution in [-0.4, -0.2) is 24.0 Å². The number of amides is 1. The lowest BCUT2D eigenvalue weighted by molar-refractivity contribution is -0.142. The van der Waals surface area contributed by atoms with Gasteiger partial charge in [-0.15, -0.1) is 0 Å². The number of carbonyl (C=O) groups is 2. The number of esters is 1. The van der Waals surface area contributed by atoms with Crippen molar-refractivity contribution >= 4 is 34.2 Å². The van der Waals surface area contributed by atoms with Crippen LogP contribution in [0.4, 0.5) is 15.8 Å². The monoisotopic (exact) mass is 475 g/mol. The number of carbonyl (C=O) groups excluding carboxylic acids is 2. The van der Waals surface area contributed by atoms with Crippen LogP contribution in [0.15, 0.2) is 70.2 Å². The number of anilines is 1.